The van der Waals surface area contributed by atoms with Crippen molar-refractivity contribution in [2.24, 2.45) is 11.8 Å². The highest BCUT2D eigenvalue weighted by Gasteiger charge is 2.60. The zero-order valence-corrected chi connectivity index (χ0v) is 10.3. The standard InChI is InChI=1S/C13H17NO4/c1-6(15)9-10-7-4-2-3-5-8(7)11(13(17)18)14(10)12(9)16/h6-7,9-10,15H,2-5H2,1H3,(H,17,18)/t6-,7?,9-,10-/m1/s1. The predicted molar refractivity (Wildman–Crippen MR) is 62.4 cm³/mol. The van der Waals surface area contributed by atoms with Gasteiger partial charge in [-0.1, -0.05) is 6.42 Å². The van der Waals surface area contributed by atoms with Gasteiger partial charge >= 0.3 is 5.97 Å². The molecule has 0 bridgehead atoms. The molecule has 1 amide bonds. The molecule has 0 aromatic heterocycles. The lowest BCUT2D eigenvalue weighted by atomic mass is 9.72. The van der Waals surface area contributed by atoms with E-state index in [1.807, 2.05) is 0 Å². The molecule has 1 aliphatic carbocycles. The molecule has 1 saturated carbocycles. The molecule has 0 aromatic rings. The molecule has 0 radical (unpaired) electrons. The summed E-state index contributed by atoms with van der Waals surface area (Å²) in [7, 11) is 0. The largest absolute Gasteiger partial charge is 0.477 e. The Morgan fingerprint density at radius 2 is 2.17 bits per heavy atom. The van der Waals surface area contributed by atoms with Crippen LogP contribution in [0, 0.1) is 11.8 Å². The lowest BCUT2D eigenvalue weighted by Crippen LogP contribution is -2.63. The molecule has 18 heavy (non-hydrogen) atoms. The van der Waals surface area contributed by atoms with Crippen LogP contribution in [0.3, 0.4) is 0 Å². The van der Waals surface area contributed by atoms with Crippen molar-refractivity contribution >= 4 is 11.9 Å². The lowest BCUT2D eigenvalue weighted by Gasteiger charge is -2.47. The number of fused-ring (bicyclic) bond motifs is 3. The molecule has 1 unspecified atom stereocenters. The normalized spacial score (nSPS) is 36.0. The monoisotopic (exact) mass is 251 g/mol. The number of carbonyl (C=O) groups excluding carboxylic acids is 1. The number of nitrogens with zero attached hydrogens (tertiary/aromatic N) is 1. The zero-order chi connectivity index (χ0) is 13.0. The van der Waals surface area contributed by atoms with Gasteiger partial charge in [-0.05, 0) is 31.8 Å². The Morgan fingerprint density at radius 3 is 2.78 bits per heavy atom. The van der Waals surface area contributed by atoms with E-state index >= 15 is 0 Å². The first-order valence-corrected chi connectivity index (χ1v) is 6.51. The molecule has 1 saturated heterocycles. The van der Waals surface area contributed by atoms with Crippen molar-refractivity contribution < 1.29 is 19.8 Å². The van der Waals surface area contributed by atoms with Crippen molar-refractivity contribution in [3.8, 4) is 0 Å². The number of hydrogen-bond acceptors (Lipinski definition) is 3. The Balaban J connectivity index is 2.00. The van der Waals surface area contributed by atoms with Crippen LogP contribution in [0.1, 0.15) is 32.6 Å². The van der Waals surface area contributed by atoms with Crippen LogP contribution in [0.5, 0.6) is 0 Å². The Bertz CT molecular complexity index is 454. The molecule has 3 aliphatic rings. The number of aliphatic hydroxyl groups is 1. The van der Waals surface area contributed by atoms with Gasteiger partial charge in [0.05, 0.1) is 18.1 Å². The van der Waals surface area contributed by atoms with Gasteiger partial charge < -0.3 is 15.1 Å². The predicted octanol–water partition coefficient (Wildman–Crippen LogP) is 0.737. The average Bonchev–Trinajstić information content (AvgIpc) is 2.60. The van der Waals surface area contributed by atoms with Gasteiger partial charge in [0.1, 0.15) is 5.70 Å². The Hall–Kier alpha value is -1.36. The highest BCUT2D eigenvalue weighted by atomic mass is 16.4. The van der Waals surface area contributed by atoms with Gasteiger partial charge in [0.2, 0.25) is 5.91 Å². The molecule has 2 N–H and O–H groups in total. The van der Waals surface area contributed by atoms with Gasteiger partial charge in [-0.3, -0.25) is 4.79 Å². The number of β-lactam (4-membered cyclic amide) rings is 1. The Morgan fingerprint density at radius 1 is 1.44 bits per heavy atom. The smallest absolute Gasteiger partial charge is 0.352 e. The minimum Gasteiger partial charge on any atom is -0.477 e. The summed E-state index contributed by atoms with van der Waals surface area (Å²) in [5.74, 6) is -1.49. The minimum atomic E-state index is -1.00. The van der Waals surface area contributed by atoms with Gasteiger partial charge in [-0.2, -0.15) is 0 Å². The number of rotatable bonds is 2. The van der Waals surface area contributed by atoms with Crippen molar-refractivity contribution in [2.75, 3.05) is 0 Å². The van der Waals surface area contributed by atoms with E-state index in [1.165, 1.54) is 4.90 Å². The number of hydrogen-bond donors (Lipinski definition) is 2. The lowest BCUT2D eigenvalue weighted by molar-refractivity contribution is -0.163. The van der Waals surface area contributed by atoms with Gasteiger partial charge in [0.15, 0.2) is 0 Å². The summed E-state index contributed by atoms with van der Waals surface area (Å²) in [5, 5.41) is 19.0. The van der Waals surface area contributed by atoms with E-state index in [9.17, 15) is 19.8 Å². The van der Waals surface area contributed by atoms with Crippen LogP contribution in [-0.2, 0) is 9.59 Å². The van der Waals surface area contributed by atoms with Crippen LogP contribution >= 0.6 is 0 Å². The maximum Gasteiger partial charge on any atom is 0.352 e. The molecule has 5 heteroatoms. The molecular weight excluding hydrogens is 234 g/mol. The Labute approximate surface area is 105 Å². The van der Waals surface area contributed by atoms with Gasteiger partial charge in [-0.25, -0.2) is 4.79 Å². The summed E-state index contributed by atoms with van der Waals surface area (Å²) in [6.45, 7) is 1.61. The molecule has 2 fully saturated rings. The van der Waals surface area contributed by atoms with Crippen molar-refractivity contribution in [2.45, 2.75) is 44.8 Å². The van der Waals surface area contributed by atoms with E-state index in [0.29, 0.717) is 0 Å². The number of amides is 1. The summed E-state index contributed by atoms with van der Waals surface area (Å²) >= 11 is 0. The fourth-order valence-corrected chi connectivity index (χ4v) is 3.82. The van der Waals surface area contributed by atoms with Crippen LogP contribution in [0.2, 0.25) is 0 Å². The maximum absolute atomic E-state index is 12.0. The molecule has 2 heterocycles. The van der Waals surface area contributed by atoms with Gasteiger partial charge in [0.25, 0.3) is 0 Å². The molecule has 0 spiro atoms. The third-order valence-electron chi connectivity index (χ3n) is 4.53. The summed E-state index contributed by atoms with van der Waals surface area (Å²) in [6.07, 6.45) is 3.08. The molecule has 4 atom stereocenters. The third kappa shape index (κ3) is 1.31. The van der Waals surface area contributed by atoms with E-state index < -0.39 is 18.0 Å². The zero-order valence-electron chi connectivity index (χ0n) is 10.3. The minimum absolute atomic E-state index is 0.112. The maximum atomic E-state index is 12.0. The van der Waals surface area contributed by atoms with Crippen molar-refractivity contribution in [1.29, 1.82) is 0 Å². The Kier molecular flexibility index (Phi) is 2.48. The van der Waals surface area contributed by atoms with Crippen LogP contribution in [0.15, 0.2) is 11.3 Å². The summed E-state index contributed by atoms with van der Waals surface area (Å²) < 4.78 is 0. The number of carbonyl (C=O) groups is 2. The van der Waals surface area contributed by atoms with Gasteiger partial charge in [0, 0.05) is 5.92 Å². The topological polar surface area (TPSA) is 77.8 Å². The molecular formula is C13H17NO4. The van der Waals surface area contributed by atoms with E-state index in [-0.39, 0.29) is 23.6 Å². The molecule has 2 aliphatic heterocycles. The highest BCUT2D eigenvalue weighted by molar-refractivity contribution is 6.00. The average molecular weight is 251 g/mol. The van der Waals surface area contributed by atoms with Crippen LogP contribution in [0.4, 0.5) is 0 Å². The molecule has 3 rings (SSSR count). The van der Waals surface area contributed by atoms with E-state index in [4.69, 9.17) is 0 Å². The fraction of sp³-hybridized carbons (Fsp3) is 0.692. The fourth-order valence-electron chi connectivity index (χ4n) is 3.82. The summed E-state index contributed by atoms with van der Waals surface area (Å²) in [4.78, 5) is 24.8. The second kappa shape index (κ2) is 3.82. The van der Waals surface area contributed by atoms with Gasteiger partial charge in [-0.15, -0.1) is 0 Å². The summed E-state index contributed by atoms with van der Waals surface area (Å²) in [6, 6.07) is -0.112. The van der Waals surface area contributed by atoms with Crippen LogP contribution in [-0.4, -0.2) is 39.1 Å². The first-order chi connectivity index (χ1) is 8.54. The quantitative estimate of drug-likeness (QED) is 0.709. The number of aliphatic carboxylic acids is 1. The van der Waals surface area contributed by atoms with Crippen molar-refractivity contribution in [3.05, 3.63) is 11.3 Å². The second-order valence-corrected chi connectivity index (χ2v) is 5.50. The van der Waals surface area contributed by atoms with E-state index in [0.717, 1.165) is 31.3 Å². The number of carboxylic acids is 1. The van der Waals surface area contributed by atoms with Crippen molar-refractivity contribution in [1.82, 2.24) is 4.90 Å². The van der Waals surface area contributed by atoms with Crippen molar-refractivity contribution in [3.63, 3.8) is 0 Å². The SMILES string of the molecule is C[C@@H](O)[C@H]1C(=O)N2C(C(=O)O)=C3CCCCC3[C@H]12. The molecule has 5 nitrogen and oxygen atoms in total. The first-order valence-electron chi connectivity index (χ1n) is 6.51. The molecule has 0 aromatic carbocycles. The number of carboxylic acid groups (broad SMARTS) is 1. The van der Waals surface area contributed by atoms with E-state index in [1.54, 1.807) is 6.92 Å². The third-order valence-corrected chi connectivity index (χ3v) is 4.53. The highest BCUT2D eigenvalue weighted by Crippen LogP contribution is 2.51. The molecule has 98 valence electrons. The van der Waals surface area contributed by atoms with Crippen LogP contribution < -0.4 is 0 Å². The second-order valence-electron chi connectivity index (χ2n) is 5.50. The van der Waals surface area contributed by atoms with Crippen LogP contribution in [0.25, 0.3) is 0 Å². The first kappa shape index (κ1) is 11.7. The number of aliphatic hydroxyl groups excluding tert-OH is 1. The van der Waals surface area contributed by atoms with E-state index in [2.05, 4.69) is 0 Å². The summed E-state index contributed by atoms with van der Waals surface area (Å²) in [5.41, 5.74) is 1.13.